The zero-order valence-electron chi connectivity index (χ0n) is 13.9. The van der Waals surface area contributed by atoms with Crippen LogP contribution in [-0.2, 0) is 16.1 Å². The van der Waals surface area contributed by atoms with Gasteiger partial charge in [0, 0.05) is 25.2 Å². The van der Waals surface area contributed by atoms with E-state index < -0.39 is 5.92 Å². The molecule has 0 radical (unpaired) electrons. The predicted octanol–water partition coefficient (Wildman–Crippen LogP) is 3.55. The van der Waals surface area contributed by atoms with Crippen LogP contribution in [0.2, 0.25) is 0 Å². The van der Waals surface area contributed by atoms with Crippen LogP contribution < -0.4 is 5.32 Å². The van der Waals surface area contributed by atoms with Gasteiger partial charge in [0.05, 0.1) is 5.92 Å². The molecule has 0 aliphatic carbocycles. The fourth-order valence-corrected chi connectivity index (χ4v) is 3.19. The molecule has 0 saturated heterocycles. The molecule has 1 aliphatic heterocycles. The first-order valence-electron chi connectivity index (χ1n) is 8.40. The molecule has 0 saturated carbocycles. The second-order valence-electron chi connectivity index (χ2n) is 6.14. The van der Waals surface area contributed by atoms with E-state index in [-0.39, 0.29) is 18.2 Å². The fourth-order valence-electron chi connectivity index (χ4n) is 3.19. The normalized spacial score (nSPS) is 16.2. The van der Waals surface area contributed by atoms with Crippen molar-refractivity contribution in [3.8, 4) is 0 Å². The number of benzene rings is 2. The van der Waals surface area contributed by atoms with Crippen LogP contribution in [0, 0.1) is 0 Å². The minimum absolute atomic E-state index is 0.0306. The van der Waals surface area contributed by atoms with E-state index >= 15 is 0 Å². The number of para-hydroxylation sites is 1. The summed E-state index contributed by atoms with van der Waals surface area (Å²) < 4.78 is 0. The quantitative estimate of drug-likeness (QED) is 0.915. The van der Waals surface area contributed by atoms with Crippen molar-refractivity contribution in [2.24, 2.45) is 0 Å². The zero-order valence-corrected chi connectivity index (χ0v) is 13.9. The Hall–Kier alpha value is -2.62. The standard InChI is InChI=1S/C20H22N2O2/c1-2-12-22(14-15-8-4-3-5-9-15)20(24)17-13-19(23)21-18-11-7-6-10-16(17)18/h3-11,17H,2,12-14H2,1H3,(H,21,23). The molecule has 2 aromatic carbocycles. The topological polar surface area (TPSA) is 49.4 Å². The van der Waals surface area contributed by atoms with Gasteiger partial charge in [-0.05, 0) is 23.6 Å². The summed E-state index contributed by atoms with van der Waals surface area (Å²) >= 11 is 0. The lowest BCUT2D eigenvalue weighted by Gasteiger charge is -2.30. The van der Waals surface area contributed by atoms with Crippen LogP contribution in [0.1, 0.15) is 36.8 Å². The number of carbonyl (C=O) groups is 2. The molecule has 124 valence electrons. The lowest BCUT2D eigenvalue weighted by molar-refractivity contribution is -0.135. The molecule has 4 heteroatoms. The molecular weight excluding hydrogens is 300 g/mol. The van der Waals surface area contributed by atoms with Crippen LogP contribution in [0.15, 0.2) is 54.6 Å². The summed E-state index contributed by atoms with van der Waals surface area (Å²) in [5.74, 6) is -0.462. The third-order valence-corrected chi connectivity index (χ3v) is 4.32. The van der Waals surface area contributed by atoms with Crippen LogP contribution in [-0.4, -0.2) is 23.3 Å². The maximum absolute atomic E-state index is 13.1. The molecule has 3 rings (SSSR count). The lowest BCUT2D eigenvalue weighted by Crippen LogP contribution is -2.38. The van der Waals surface area contributed by atoms with Crippen molar-refractivity contribution < 1.29 is 9.59 Å². The number of nitrogens with zero attached hydrogens (tertiary/aromatic N) is 1. The van der Waals surface area contributed by atoms with E-state index in [1.54, 1.807) is 0 Å². The highest BCUT2D eigenvalue weighted by Gasteiger charge is 2.33. The van der Waals surface area contributed by atoms with Crippen LogP contribution >= 0.6 is 0 Å². The van der Waals surface area contributed by atoms with Gasteiger partial charge in [0.2, 0.25) is 11.8 Å². The van der Waals surface area contributed by atoms with Gasteiger partial charge in [-0.2, -0.15) is 0 Å². The molecule has 1 aliphatic rings. The summed E-state index contributed by atoms with van der Waals surface area (Å²) in [5, 5.41) is 2.86. The van der Waals surface area contributed by atoms with Gasteiger partial charge in [-0.3, -0.25) is 9.59 Å². The average Bonchev–Trinajstić information content (AvgIpc) is 2.61. The number of amides is 2. The first-order valence-corrected chi connectivity index (χ1v) is 8.40. The molecule has 1 heterocycles. The maximum Gasteiger partial charge on any atom is 0.231 e. The van der Waals surface area contributed by atoms with Crippen LogP contribution in [0.3, 0.4) is 0 Å². The minimum atomic E-state index is -0.398. The molecule has 4 nitrogen and oxygen atoms in total. The summed E-state index contributed by atoms with van der Waals surface area (Å²) in [6.07, 6.45) is 1.10. The highest BCUT2D eigenvalue weighted by atomic mass is 16.2. The summed E-state index contributed by atoms with van der Waals surface area (Å²) in [4.78, 5) is 27.0. The van der Waals surface area contributed by atoms with Gasteiger partial charge in [0.15, 0.2) is 0 Å². The zero-order chi connectivity index (χ0) is 16.9. The van der Waals surface area contributed by atoms with E-state index in [4.69, 9.17) is 0 Å². The summed E-state index contributed by atoms with van der Waals surface area (Å²) in [6, 6.07) is 17.6. The molecule has 0 bridgehead atoms. The number of hydrogen-bond donors (Lipinski definition) is 1. The summed E-state index contributed by atoms with van der Waals surface area (Å²) in [5.41, 5.74) is 2.77. The van der Waals surface area contributed by atoms with Gasteiger partial charge in [0.25, 0.3) is 0 Å². The van der Waals surface area contributed by atoms with E-state index in [9.17, 15) is 9.59 Å². The Kier molecular flexibility index (Phi) is 4.94. The largest absolute Gasteiger partial charge is 0.338 e. The van der Waals surface area contributed by atoms with E-state index in [1.165, 1.54) is 0 Å². The van der Waals surface area contributed by atoms with Crippen LogP contribution in [0.4, 0.5) is 5.69 Å². The van der Waals surface area contributed by atoms with Crippen molar-refractivity contribution in [3.05, 3.63) is 65.7 Å². The van der Waals surface area contributed by atoms with Crippen molar-refractivity contribution in [2.45, 2.75) is 32.2 Å². The third-order valence-electron chi connectivity index (χ3n) is 4.32. The molecule has 1 atom stereocenters. The van der Waals surface area contributed by atoms with Gasteiger partial charge in [0.1, 0.15) is 0 Å². The smallest absolute Gasteiger partial charge is 0.231 e. The number of fused-ring (bicyclic) bond motifs is 1. The Morgan fingerprint density at radius 1 is 1.12 bits per heavy atom. The number of anilines is 1. The first-order chi connectivity index (χ1) is 11.7. The Bertz CT molecular complexity index is 727. The number of hydrogen-bond acceptors (Lipinski definition) is 2. The molecule has 0 fully saturated rings. The third kappa shape index (κ3) is 3.48. The Labute approximate surface area is 142 Å². The fraction of sp³-hybridized carbons (Fsp3) is 0.300. The molecule has 2 aromatic rings. The second-order valence-corrected chi connectivity index (χ2v) is 6.14. The predicted molar refractivity (Wildman–Crippen MR) is 94.6 cm³/mol. The van der Waals surface area contributed by atoms with Gasteiger partial charge in [-0.25, -0.2) is 0 Å². The molecule has 1 unspecified atom stereocenters. The summed E-state index contributed by atoms with van der Waals surface area (Å²) in [7, 11) is 0. The highest BCUT2D eigenvalue weighted by Crippen LogP contribution is 2.33. The van der Waals surface area contributed by atoms with Crippen molar-refractivity contribution in [2.75, 3.05) is 11.9 Å². The van der Waals surface area contributed by atoms with Crippen molar-refractivity contribution in [3.63, 3.8) is 0 Å². The second kappa shape index (κ2) is 7.30. The highest BCUT2D eigenvalue weighted by molar-refractivity contribution is 6.01. The average molecular weight is 322 g/mol. The van der Waals surface area contributed by atoms with Gasteiger partial charge in [-0.1, -0.05) is 55.5 Å². The van der Waals surface area contributed by atoms with Gasteiger partial charge < -0.3 is 10.2 Å². The van der Waals surface area contributed by atoms with Crippen LogP contribution in [0.25, 0.3) is 0 Å². The molecule has 24 heavy (non-hydrogen) atoms. The molecular formula is C20H22N2O2. The Morgan fingerprint density at radius 2 is 1.83 bits per heavy atom. The van der Waals surface area contributed by atoms with Crippen LogP contribution in [0.5, 0.6) is 0 Å². The van der Waals surface area contributed by atoms with Gasteiger partial charge in [-0.15, -0.1) is 0 Å². The first kappa shape index (κ1) is 16.2. The number of carbonyl (C=O) groups excluding carboxylic acids is 2. The minimum Gasteiger partial charge on any atom is -0.338 e. The monoisotopic (exact) mass is 322 g/mol. The molecule has 1 N–H and O–H groups in total. The van der Waals surface area contributed by atoms with E-state index in [0.717, 1.165) is 23.2 Å². The molecule has 2 amide bonds. The van der Waals surface area contributed by atoms with Crippen molar-refractivity contribution >= 4 is 17.5 Å². The summed E-state index contributed by atoms with van der Waals surface area (Å²) in [6.45, 7) is 3.33. The van der Waals surface area contributed by atoms with Crippen molar-refractivity contribution in [1.82, 2.24) is 4.90 Å². The lowest BCUT2D eigenvalue weighted by atomic mass is 9.89. The van der Waals surface area contributed by atoms with E-state index in [1.807, 2.05) is 59.5 Å². The number of nitrogens with one attached hydrogen (secondary N) is 1. The Balaban J connectivity index is 1.86. The molecule has 0 spiro atoms. The van der Waals surface area contributed by atoms with Gasteiger partial charge >= 0.3 is 0 Å². The van der Waals surface area contributed by atoms with E-state index in [0.29, 0.717) is 13.1 Å². The molecule has 0 aromatic heterocycles. The van der Waals surface area contributed by atoms with Crippen molar-refractivity contribution in [1.29, 1.82) is 0 Å². The Morgan fingerprint density at radius 3 is 2.58 bits per heavy atom. The maximum atomic E-state index is 13.1. The number of rotatable bonds is 5. The SMILES string of the molecule is CCCN(Cc1ccccc1)C(=O)C1CC(=O)Nc2ccccc21. The van der Waals surface area contributed by atoms with E-state index in [2.05, 4.69) is 12.2 Å².